The van der Waals surface area contributed by atoms with Gasteiger partial charge in [-0.05, 0) is 159 Å². The van der Waals surface area contributed by atoms with Crippen molar-refractivity contribution >= 4 is 104 Å². The Bertz CT molecular complexity index is 5980. The number of nitrogens with two attached hydrogens (primary N) is 5. The van der Waals surface area contributed by atoms with Gasteiger partial charge in [0.1, 0.15) is 74.3 Å². The smallest absolute Gasteiger partial charge is 0.323 e. The van der Waals surface area contributed by atoms with Gasteiger partial charge in [0.05, 0.1) is 46.2 Å². The number of aliphatic hydroxyl groups is 9. The van der Waals surface area contributed by atoms with E-state index in [0.29, 0.717) is 39.1 Å². The lowest BCUT2D eigenvalue weighted by molar-refractivity contribution is -0.163. The third-order valence-electron chi connectivity index (χ3n) is 27.3. The van der Waals surface area contributed by atoms with Crippen molar-refractivity contribution in [3.63, 3.8) is 0 Å². The fourth-order valence-corrected chi connectivity index (χ4v) is 21.5. The number of carbonyl (C=O) groups excluding carboxylic acids is 11. The van der Waals surface area contributed by atoms with Crippen LogP contribution in [0.3, 0.4) is 0 Å². The number of Topliss-reactive ketones (excluding diaryl/α,β-unsaturated/α-hetero) is 7. The van der Waals surface area contributed by atoms with Gasteiger partial charge < -0.3 is 101 Å². The van der Waals surface area contributed by atoms with Gasteiger partial charge >= 0.3 is 6.03 Å². The molecule has 9 aliphatic rings. The molecule has 664 valence electrons. The summed E-state index contributed by atoms with van der Waals surface area (Å²) in [6.45, 7) is 12.8. The average Bonchev–Trinajstić information content (AvgIpc) is 0.696. The second-order valence-electron chi connectivity index (χ2n) is 35.7. The number of ketones is 7. The number of aromatic hydroxyl groups is 3. The highest BCUT2D eigenvalue weighted by Gasteiger charge is 2.70. The second-order valence-corrected chi connectivity index (χ2v) is 35.7. The van der Waals surface area contributed by atoms with E-state index < -0.39 is 221 Å². The lowest BCUT2D eigenvalue weighted by Crippen LogP contribution is -2.69. The van der Waals surface area contributed by atoms with Crippen molar-refractivity contribution < 1.29 is 114 Å². The molecule has 33 nitrogen and oxygen atoms in total. The molecule has 0 bridgehead atoms. The number of nitrogens with one attached hydrogen (secondary N) is 2. The number of phenolic OH excluding ortho intramolecular Hbond substituents is 3. The lowest BCUT2D eigenvalue weighted by Gasteiger charge is -2.55. The third-order valence-corrected chi connectivity index (χ3v) is 27.3. The van der Waals surface area contributed by atoms with Crippen LogP contribution in [0.1, 0.15) is 142 Å². The van der Waals surface area contributed by atoms with Crippen LogP contribution in [0.2, 0.25) is 0 Å². The number of carbonyl (C=O) groups is 11. The number of aliphatic hydroxyl groups excluding tert-OH is 6. The molecule has 6 aromatic rings. The van der Waals surface area contributed by atoms with E-state index in [1.54, 1.807) is 66.3 Å². The van der Waals surface area contributed by atoms with Crippen LogP contribution >= 0.6 is 0 Å². The van der Waals surface area contributed by atoms with Crippen LogP contribution in [0.4, 0.5) is 16.2 Å². The maximum Gasteiger partial charge on any atom is 0.323 e. The van der Waals surface area contributed by atoms with Crippen LogP contribution in [0.5, 0.6) is 17.2 Å². The molecular weight excluding hydrogens is 1630 g/mol. The number of rotatable bonds is 14. The van der Waals surface area contributed by atoms with Crippen molar-refractivity contribution in [2.24, 2.45) is 70.1 Å². The van der Waals surface area contributed by atoms with E-state index in [-0.39, 0.29) is 89.6 Å². The summed E-state index contributed by atoms with van der Waals surface area (Å²) >= 11 is 0. The molecule has 0 spiro atoms. The number of likely N-dealkylation sites (N-methyl/N-ethyl adjacent to an activating group) is 3. The van der Waals surface area contributed by atoms with Crippen molar-refractivity contribution in [3.8, 4) is 28.4 Å². The van der Waals surface area contributed by atoms with E-state index in [4.69, 9.17) is 28.7 Å². The Hall–Kier alpha value is -12.7. The highest BCUT2D eigenvalue weighted by Crippen LogP contribution is 2.63. The van der Waals surface area contributed by atoms with Crippen LogP contribution in [0, 0.1) is 41.4 Å². The Balaban J connectivity index is 0.000000164. The predicted molar refractivity (Wildman–Crippen MR) is 462 cm³/mol. The van der Waals surface area contributed by atoms with Gasteiger partial charge in [0, 0.05) is 82.8 Å². The molecule has 0 heterocycles. The van der Waals surface area contributed by atoms with Crippen molar-refractivity contribution in [3.05, 3.63) is 198 Å². The van der Waals surface area contributed by atoms with Gasteiger partial charge in [-0.15, -0.1) is 0 Å². The molecule has 126 heavy (non-hydrogen) atoms. The highest BCUT2D eigenvalue weighted by atomic mass is 16.4. The maximum absolute atomic E-state index is 14.5. The molecule has 15 rings (SSSR count). The molecule has 3 saturated carbocycles. The summed E-state index contributed by atoms with van der Waals surface area (Å²) in [5.74, 6) is -24.9. The Kier molecular flexibility index (Phi) is 23.6. The fraction of sp³-hybridized carbons (Fsp3) is 0.387. The molecule has 0 saturated heterocycles. The van der Waals surface area contributed by atoms with Crippen molar-refractivity contribution in [1.82, 2.24) is 14.7 Å². The molecule has 0 radical (unpaired) electrons. The first-order chi connectivity index (χ1) is 59.0. The Morgan fingerprint density at radius 2 is 0.937 bits per heavy atom. The number of nitrogens with zero attached hydrogens (tertiary/aromatic N) is 3. The molecular formula is C93H104N10O23. The van der Waals surface area contributed by atoms with E-state index >= 15 is 0 Å². The lowest BCUT2D eigenvalue weighted by atomic mass is 9.50. The minimum absolute atomic E-state index is 0.0144. The van der Waals surface area contributed by atoms with Gasteiger partial charge in [0.15, 0.2) is 34.2 Å². The van der Waals surface area contributed by atoms with Gasteiger partial charge in [0.25, 0.3) is 17.7 Å². The van der Waals surface area contributed by atoms with Crippen molar-refractivity contribution in [2.45, 2.75) is 145 Å². The Labute approximate surface area is 723 Å². The zero-order chi connectivity index (χ0) is 92.9. The standard InChI is InChI=1S/C37H38N4O9.C29H31N3O7.C27H35N3O7/c1-5-18(42)15-21-24-16(2)19-13-14-23(40-36(49)39-22-12-8-10-17-9-6-7-11-20(17)22)30(43)25(19)31(44)26(24)33(46)37(50)28(21)29(41(3)4)32(45)27(34(37)47)35(38)48;1-12-15-10-17-22(32(2)3)25(35)21(28(31)38)27(37)29(17,39)26(36)19(15)24(34)20-18(12)16(9-14(11-30)23(20)33)13-7-5-4-6-8-13;1-10-12-8-13-19(30(5)6)22(33)18(25(29)36)24(35)27(13,37)23(34)16(12)21(32)17-15(10)11(9-28)7-14(20(17)31)26(2,3)4/h6-14,16,21,24,28-29,43-44,47,50H,5,15H2,1-4H3,(H2,38,48)(H2,39,40,49);4-9,12,15,17,22,33-34,37,39H,10-11,30H2,1-3H3,(H2,31,38);7,10,12-13,19,31-32,35,37H,8-9,28H2,1-6H3,(H2,29,36)/t16-,21-,24+,28+,29-,37+;12-,15+,17-,22+,29-;10-,12+,13-,19+,27-/m100/s1. The summed E-state index contributed by atoms with van der Waals surface area (Å²) in [5.41, 5.74) is 21.0. The largest absolute Gasteiger partial charge is 0.508 e. The van der Waals surface area contributed by atoms with Crippen LogP contribution < -0.4 is 39.3 Å². The zero-order valence-corrected chi connectivity index (χ0v) is 71.6. The Morgan fingerprint density at radius 1 is 0.492 bits per heavy atom. The highest BCUT2D eigenvalue weighted by molar-refractivity contribution is 6.27. The number of hydrogen-bond acceptors (Lipinski definition) is 28. The summed E-state index contributed by atoms with van der Waals surface area (Å²) in [4.78, 5) is 150. The number of fused-ring (bicyclic) bond motifs is 10. The summed E-state index contributed by atoms with van der Waals surface area (Å²) in [7, 11) is 9.26. The summed E-state index contributed by atoms with van der Waals surface area (Å²) < 4.78 is 0. The van der Waals surface area contributed by atoms with E-state index in [9.17, 15) is 114 Å². The molecule has 5 amide bonds. The number of benzene rings is 6. The van der Waals surface area contributed by atoms with E-state index in [2.05, 4.69) is 10.6 Å². The molecule has 33 heteroatoms. The topological polar surface area (TPSA) is 594 Å². The quantitative estimate of drug-likeness (QED) is 0.0391. The number of anilines is 2. The van der Waals surface area contributed by atoms with Crippen LogP contribution in [-0.4, -0.2) is 217 Å². The molecule has 0 unspecified atom stereocenters. The van der Waals surface area contributed by atoms with Gasteiger partial charge in [-0.25, -0.2) is 4.79 Å². The van der Waals surface area contributed by atoms with Crippen LogP contribution in [-0.2, 0) is 66.4 Å². The molecule has 16 atom stereocenters. The van der Waals surface area contributed by atoms with Crippen LogP contribution in [0.15, 0.2) is 148 Å². The number of primary amides is 3. The van der Waals surface area contributed by atoms with E-state index in [0.717, 1.165) is 21.9 Å². The molecule has 0 aromatic heterocycles. The number of urea groups is 1. The number of hydrogen-bond donors (Lipinski definition) is 19. The second kappa shape index (κ2) is 32.7. The third kappa shape index (κ3) is 13.6. The summed E-state index contributed by atoms with van der Waals surface area (Å²) in [6.07, 6.45) is -0.113. The first-order valence-corrected chi connectivity index (χ1v) is 41.1. The Morgan fingerprint density at radius 3 is 1.42 bits per heavy atom. The minimum atomic E-state index is -2.94. The van der Waals surface area contributed by atoms with E-state index in [1.807, 2.05) is 101 Å². The average molecular weight is 1730 g/mol. The maximum atomic E-state index is 14.5. The molecule has 24 N–H and O–H groups in total. The van der Waals surface area contributed by atoms with E-state index in [1.165, 1.54) is 34.9 Å². The zero-order valence-electron chi connectivity index (χ0n) is 71.6. The summed E-state index contributed by atoms with van der Waals surface area (Å²) in [5, 5.41) is 145. The molecule has 0 aliphatic heterocycles. The number of phenols is 3. The van der Waals surface area contributed by atoms with Crippen molar-refractivity contribution in [2.75, 3.05) is 52.9 Å². The van der Waals surface area contributed by atoms with Crippen LogP contribution in [0.25, 0.3) is 39.2 Å². The summed E-state index contributed by atoms with van der Waals surface area (Å²) in [6, 6.07) is 24.4. The predicted octanol–water partition coefficient (Wildman–Crippen LogP) is 6.85. The monoisotopic (exact) mass is 1730 g/mol. The van der Waals surface area contributed by atoms with Gasteiger partial charge in [-0.3, -0.25) is 62.6 Å². The normalized spacial score (nSPS) is 27.9. The first-order valence-electron chi connectivity index (χ1n) is 41.1. The molecule has 3 fully saturated rings. The SMILES string of the molecule is CCC(=O)C[C@@H]1[C@H]2C(=C(O)c3c(ccc(NC(=O)Nc4cccc5ccccc45)c3O)[C@H]2C)C(=O)[C@]2(O)C(O)=C(C(N)=O)C(=O)[C@H](N(C)C)[C@H]12.C[C@@H]1c2c(-c3ccccc3)cc(CN)c(O)c2C(O)=C2C(=O)[C@]3(O)C(O)=C(C(N)=O)C(=O)[C@H](N(C)C)[C@@H]3C[C@@H]21.C[C@@H]1c2c(CN)cc(C(C)(C)C)c(O)c2C(O)=C2C(=O)[C@]3(O)C(O)=C(C(N)=O)C(=O)[C@H](N(C)C)[C@@H]3C[C@@H]21. The molecule has 6 aromatic carbocycles. The van der Waals surface area contributed by atoms with Gasteiger partial charge in [0.2, 0.25) is 17.3 Å². The number of amides is 5. The van der Waals surface area contributed by atoms with Gasteiger partial charge in [-0.1, -0.05) is 121 Å². The van der Waals surface area contributed by atoms with Crippen molar-refractivity contribution in [1.29, 1.82) is 0 Å². The minimum Gasteiger partial charge on any atom is -0.508 e. The molecule has 9 aliphatic carbocycles. The van der Waals surface area contributed by atoms with Gasteiger partial charge in [-0.2, -0.15) is 0 Å². The fourth-order valence-electron chi connectivity index (χ4n) is 21.5. The first kappa shape index (κ1) is 91.0.